The van der Waals surface area contributed by atoms with Crippen molar-refractivity contribution in [3.05, 3.63) is 0 Å². The summed E-state index contributed by atoms with van der Waals surface area (Å²) >= 11 is 0. The van der Waals surface area contributed by atoms with Gasteiger partial charge in [-0.2, -0.15) is 0 Å². The normalized spacial score (nSPS) is 37.8. The van der Waals surface area contributed by atoms with Crippen molar-refractivity contribution in [3.63, 3.8) is 0 Å². The van der Waals surface area contributed by atoms with Crippen LogP contribution in [-0.2, 0) is 0 Å². The Morgan fingerprint density at radius 3 is 2.50 bits per heavy atom. The molecular formula is C9H18N2O. The summed E-state index contributed by atoms with van der Waals surface area (Å²) < 4.78 is 0. The zero-order valence-electron chi connectivity index (χ0n) is 7.42. The van der Waals surface area contributed by atoms with Gasteiger partial charge in [-0.15, -0.1) is 0 Å². The second-order valence-electron chi connectivity index (χ2n) is 3.98. The maximum atomic E-state index is 9.65. The van der Waals surface area contributed by atoms with E-state index in [1.54, 1.807) is 0 Å². The standard InChI is InChI=1S/C9H18N2O/c12-9-4-2-1-3-8(9)11-7-5-10-6-7/h7-12H,1-6H2. The third-order valence-corrected chi connectivity index (χ3v) is 2.96. The van der Waals surface area contributed by atoms with Crippen LogP contribution in [0.1, 0.15) is 25.7 Å². The Bertz CT molecular complexity index is 147. The van der Waals surface area contributed by atoms with E-state index in [-0.39, 0.29) is 6.10 Å². The summed E-state index contributed by atoms with van der Waals surface area (Å²) in [7, 11) is 0. The SMILES string of the molecule is OC1CCCCC1NC1CNC1. The Kier molecular flexibility index (Phi) is 2.63. The van der Waals surface area contributed by atoms with E-state index in [9.17, 15) is 5.11 Å². The maximum Gasteiger partial charge on any atom is 0.0693 e. The predicted molar refractivity (Wildman–Crippen MR) is 48.1 cm³/mol. The highest BCUT2D eigenvalue weighted by Crippen LogP contribution is 2.18. The number of nitrogens with one attached hydrogen (secondary N) is 2. The quantitative estimate of drug-likeness (QED) is 0.540. The van der Waals surface area contributed by atoms with E-state index in [1.165, 1.54) is 12.8 Å². The van der Waals surface area contributed by atoms with Gasteiger partial charge in [0.2, 0.25) is 0 Å². The highest BCUT2D eigenvalue weighted by atomic mass is 16.3. The van der Waals surface area contributed by atoms with Crippen LogP contribution in [0.5, 0.6) is 0 Å². The summed E-state index contributed by atoms with van der Waals surface area (Å²) in [5, 5.41) is 16.4. The van der Waals surface area contributed by atoms with Crippen LogP contribution < -0.4 is 10.6 Å². The Labute approximate surface area is 73.5 Å². The average Bonchev–Trinajstić information content (AvgIpc) is 2.00. The topological polar surface area (TPSA) is 44.3 Å². The maximum absolute atomic E-state index is 9.65. The fourth-order valence-corrected chi connectivity index (χ4v) is 2.01. The van der Waals surface area contributed by atoms with Gasteiger partial charge in [-0.25, -0.2) is 0 Å². The largest absolute Gasteiger partial charge is 0.392 e. The second-order valence-corrected chi connectivity index (χ2v) is 3.98. The van der Waals surface area contributed by atoms with Gasteiger partial charge >= 0.3 is 0 Å². The fraction of sp³-hybridized carbons (Fsp3) is 1.00. The van der Waals surface area contributed by atoms with Crippen molar-refractivity contribution in [2.24, 2.45) is 0 Å². The molecule has 1 aliphatic carbocycles. The van der Waals surface area contributed by atoms with E-state index in [1.807, 2.05) is 0 Å². The van der Waals surface area contributed by atoms with Crippen molar-refractivity contribution < 1.29 is 5.11 Å². The summed E-state index contributed by atoms with van der Waals surface area (Å²) in [6.45, 7) is 2.15. The lowest BCUT2D eigenvalue weighted by Gasteiger charge is -2.36. The molecule has 2 atom stereocenters. The van der Waals surface area contributed by atoms with E-state index in [2.05, 4.69) is 10.6 Å². The molecule has 0 aromatic heterocycles. The molecule has 0 spiro atoms. The summed E-state index contributed by atoms with van der Waals surface area (Å²) in [5.74, 6) is 0. The van der Waals surface area contributed by atoms with Crippen molar-refractivity contribution in [2.45, 2.75) is 43.9 Å². The molecule has 2 rings (SSSR count). The molecular weight excluding hydrogens is 152 g/mol. The minimum Gasteiger partial charge on any atom is -0.392 e. The van der Waals surface area contributed by atoms with Crippen molar-refractivity contribution in [2.75, 3.05) is 13.1 Å². The molecule has 1 heterocycles. The van der Waals surface area contributed by atoms with Crippen LogP contribution in [0.15, 0.2) is 0 Å². The van der Waals surface area contributed by atoms with Crippen LogP contribution >= 0.6 is 0 Å². The molecule has 0 radical (unpaired) electrons. The number of hydrogen-bond acceptors (Lipinski definition) is 3. The molecule has 2 fully saturated rings. The number of aliphatic hydroxyl groups excluding tert-OH is 1. The van der Waals surface area contributed by atoms with Gasteiger partial charge in [0, 0.05) is 25.2 Å². The van der Waals surface area contributed by atoms with E-state index in [0.29, 0.717) is 12.1 Å². The summed E-state index contributed by atoms with van der Waals surface area (Å²) in [4.78, 5) is 0. The first-order valence-corrected chi connectivity index (χ1v) is 5.01. The number of rotatable bonds is 2. The van der Waals surface area contributed by atoms with E-state index in [0.717, 1.165) is 25.9 Å². The zero-order chi connectivity index (χ0) is 8.39. The third-order valence-electron chi connectivity index (χ3n) is 2.96. The van der Waals surface area contributed by atoms with Gasteiger partial charge in [-0.05, 0) is 12.8 Å². The molecule has 1 saturated carbocycles. The smallest absolute Gasteiger partial charge is 0.0693 e. The van der Waals surface area contributed by atoms with Gasteiger partial charge in [-0.1, -0.05) is 12.8 Å². The highest BCUT2D eigenvalue weighted by molar-refractivity contribution is 4.89. The molecule has 12 heavy (non-hydrogen) atoms. The van der Waals surface area contributed by atoms with Crippen LogP contribution in [0.2, 0.25) is 0 Å². The van der Waals surface area contributed by atoms with Gasteiger partial charge in [0.25, 0.3) is 0 Å². The molecule has 0 aromatic rings. The van der Waals surface area contributed by atoms with Crippen molar-refractivity contribution in [1.29, 1.82) is 0 Å². The van der Waals surface area contributed by atoms with Crippen LogP contribution in [0.25, 0.3) is 0 Å². The van der Waals surface area contributed by atoms with Gasteiger partial charge in [-0.3, -0.25) is 0 Å². The van der Waals surface area contributed by atoms with E-state index in [4.69, 9.17) is 0 Å². The number of hydrogen-bond donors (Lipinski definition) is 3. The lowest BCUT2D eigenvalue weighted by Crippen LogP contribution is -2.60. The molecule has 1 saturated heterocycles. The van der Waals surface area contributed by atoms with Gasteiger partial charge < -0.3 is 15.7 Å². The second kappa shape index (κ2) is 3.73. The van der Waals surface area contributed by atoms with E-state index >= 15 is 0 Å². The predicted octanol–water partition coefficient (Wildman–Crippen LogP) is -0.149. The van der Waals surface area contributed by atoms with Crippen LogP contribution in [0.3, 0.4) is 0 Å². The van der Waals surface area contributed by atoms with Gasteiger partial charge in [0.15, 0.2) is 0 Å². The van der Waals surface area contributed by atoms with Crippen LogP contribution in [0.4, 0.5) is 0 Å². The Balaban J connectivity index is 1.76. The molecule has 1 aliphatic heterocycles. The van der Waals surface area contributed by atoms with Gasteiger partial charge in [0.05, 0.1) is 6.10 Å². The molecule has 3 heteroatoms. The summed E-state index contributed by atoms with van der Waals surface area (Å²) in [5.41, 5.74) is 0. The summed E-state index contributed by atoms with van der Waals surface area (Å²) in [6.07, 6.45) is 4.51. The first-order chi connectivity index (χ1) is 5.86. The Hall–Kier alpha value is -0.120. The number of aliphatic hydroxyl groups is 1. The molecule has 2 unspecified atom stereocenters. The molecule has 70 valence electrons. The van der Waals surface area contributed by atoms with Crippen LogP contribution in [-0.4, -0.2) is 36.4 Å². The molecule has 2 aliphatic rings. The molecule has 0 amide bonds. The highest BCUT2D eigenvalue weighted by Gasteiger charge is 2.27. The zero-order valence-corrected chi connectivity index (χ0v) is 7.42. The van der Waals surface area contributed by atoms with E-state index < -0.39 is 0 Å². The molecule has 0 bridgehead atoms. The summed E-state index contributed by atoms with van der Waals surface area (Å²) in [6, 6.07) is 0.980. The Morgan fingerprint density at radius 1 is 1.17 bits per heavy atom. The fourth-order valence-electron chi connectivity index (χ4n) is 2.01. The minimum atomic E-state index is -0.0978. The first kappa shape index (κ1) is 8.48. The minimum absolute atomic E-state index is 0.0978. The molecule has 3 N–H and O–H groups in total. The monoisotopic (exact) mass is 170 g/mol. The Morgan fingerprint density at radius 2 is 1.92 bits per heavy atom. The lowest BCUT2D eigenvalue weighted by molar-refractivity contribution is 0.0803. The lowest BCUT2D eigenvalue weighted by atomic mass is 9.91. The van der Waals surface area contributed by atoms with Crippen molar-refractivity contribution in [3.8, 4) is 0 Å². The van der Waals surface area contributed by atoms with Crippen LogP contribution in [0, 0.1) is 0 Å². The average molecular weight is 170 g/mol. The third kappa shape index (κ3) is 1.79. The molecule has 0 aromatic carbocycles. The molecule has 3 nitrogen and oxygen atoms in total. The van der Waals surface area contributed by atoms with Crippen molar-refractivity contribution in [1.82, 2.24) is 10.6 Å². The first-order valence-electron chi connectivity index (χ1n) is 5.01. The van der Waals surface area contributed by atoms with Gasteiger partial charge in [0.1, 0.15) is 0 Å². The van der Waals surface area contributed by atoms with Crippen molar-refractivity contribution >= 4 is 0 Å².